The van der Waals surface area contributed by atoms with Crippen LogP contribution in [-0.2, 0) is 14.1 Å². The van der Waals surface area contributed by atoms with Crippen LogP contribution in [0.15, 0.2) is 70.6 Å². The number of thiazole rings is 2. The van der Waals surface area contributed by atoms with Gasteiger partial charge in [0.15, 0.2) is 9.60 Å². The molecule has 0 aliphatic heterocycles. The lowest BCUT2D eigenvalue weighted by Gasteiger charge is -1.94. The summed E-state index contributed by atoms with van der Waals surface area (Å²) in [5, 5.41) is 0. The van der Waals surface area contributed by atoms with Crippen molar-refractivity contribution in [2.24, 2.45) is 24.1 Å². The second kappa shape index (κ2) is 7.84. The molecule has 0 saturated carbocycles. The SMILES string of the molecule is Cn1c(=NC(=O)c2ccc(C(=O)N=c3sc4ccccc4n3C)s2)sc2ccccc21. The third-order valence-electron chi connectivity index (χ3n) is 4.85. The summed E-state index contributed by atoms with van der Waals surface area (Å²) in [6.07, 6.45) is 0. The molecule has 0 fully saturated rings. The van der Waals surface area contributed by atoms with Gasteiger partial charge in [0.1, 0.15) is 0 Å². The van der Waals surface area contributed by atoms with E-state index in [1.807, 2.05) is 71.8 Å². The van der Waals surface area contributed by atoms with Gasteiger partial charge in [-0.05, 0) is 36.4 Å². The predicted molar refractivity (Wildman–Crippen MR) is 126 cm³/mol. The highest BCUT2D eigenvalue weighted by molar-refractivity contribution is 7.17. The Morgan fingerprint density at radius 1 is 0.645 bits per heavy atom. The second-order valence-electron chi connectivity index (χ2n) is 6.82. The van der Waals surface area contributed by atoms with Crippen LogP contribution >= 0.6 is 34.0 Å². The molecule has 0 bridgehead atoms. The Balaban J connectivity index is 1.46. The van der Waals surface area contributed by atoms with Crippen molar-refractivity contribution in [2.45, 2.75) is 0 Å². The van der Waals surface area contributed by atoms with E-state index in [9.17, 15) is 9.59 Å². The molecule has 0 unspecified atom stereocenters. The van der Waals surface area contributed by atoms with Crippen molar-refractivity contribution in [1.82, 2.24) is 9.13 Å². The van der Waals surface area contributed by atoms with Crippen LogP contribution in [-0.4, -0.2) is 20.9 Å². The van der Waals surface area contributed by atoms with E-state index in [0.29, 0.717) is 19.4 Å². The summed E-state index contributed by atoms with van der Waals surface area (Å²) in [7, 11) is 3.77. The predicted octanol–water partition coefficient (Wildman–Crippen LogP) is 4.34. The second-order valence-corrected chi connectivity index (χ2v) is 9.92. The highest BCUT2D eigenvalue weighted by Crippen LogP contribution is 2.20. The van der Waals surface area contributed by atoms with Crippen LogP contribution in [0.1, 0.15) is 19.3 Å². The van der Waals surface area contributed by atoms with Crippen molar-refractivity contribution < 1.29 is 9.59 Å². The number of aryl methyl sites for hydroxylation is 2. The molecule has 0 atom stereocenters. The molecule has 0 spiro atoms. The van der Waals surface area contributed by atoms with Crippen LogP contribution in [0.4, 0.5) is 0 Å². The largest absolute Gasteiger partial charge is 0.319 e. The lowest BCUT2D eigenvalue weighted by atomic mass is 10.3. The summed E-state index contributed by atoms with van der Waals surface area (Å²) in [5.74, 6) is -0.725. The minimum atomic E-state index is -0.362. The van der Waals surface area contributed by atoms with E-state index in [0.717, 1.165) is 31.8 Å². The van der Waals surface area contributed by atoms with Crippen LogP contribution in [0.2, 0.25) is 0 Å². The molecule has 0 aliphatic rings. The number of hydrogen-bond acceptors (Lipinski definition) is 5. The Morgan fingerprint density at radius 3 is 1.48 bits per heavy atom. The van der Waals surface area contributed by atoms with Crippen LogP contribution in [0.3, 0.4) is 0 Å². The number of thiophene rings is 1. The Bertz CT molecular complexity index is 1490. The zero-order chi connectivity index (χ0) is 21.5. The molecule has 154 valence electrons. The van der Waals surface area contributed by atoms with Gasteiger partial charge in [0, 0.05) is 14.1 Å². The molecule has 2 amide bonds. The van der Waals surface area contributed by atoms with E-state index in [1.54, 1.807) is 12.1 Å². The first-order valence-corrected chi connectivity index (χ1v) is 11.8. The molecular weight excluding hydrogens is 448 g/mol. The van der Waals surface area contributed by atoms with E-state index >= 15 is 0 Å². The summed E-state index contributed by atoms with van der Waals surface area (Å²) < 4.78 is 5.92. The van der Waals surface area contributed by atoms with Gasteiger partial charge >= 0.3 is 0 Å². The number of aromatic nitrogens is 2. The number of para-hydroxylation sites is 2. The van der Waals surface area contributed by atoms with Crippen LogP contribution in [0, 0.1) is 0 Å². The summed E-state index contributed by atoms with van der Waals surface area (Å²) in [4.78, 5) is 36.0. The van der Waals surface area contributed by atoms with Crippen LogP contribution in [0.5, 0.6) is 0 Å². The Hall–Kier alpha value is -3.14. The minimum Gasteiger partial charge on any atom is -0.319 e. The molecule has 0 N–H and O–H groups in total. The van der Waals surface area contributed by atoms with Gasteiger partial charge in [-0.2, -0.15) is 9.98 Å². The Labute approximate surface area is 188 Å². The van der Waals surface area contributed by atoms with Gasteiger partial charge in [0.05, 0.1) is 30.2 Å². The molecule has 3 heterocycles. The van der Waals surface area contributed by atoms with Gasteiger partial charge in [0.2, 0.25) is 0 Å². The lowest BCUT2D eigenvalue weighted by Crippen LogP contribution is -2.13. The Morgan fingerprint density at radius 2 is 1.06 bits per heavy atom. The van der Waals surface area contributed by atoms with Crippen LogP contribution < -0.4 is 9.60 Å². The highest BCUT2D eigenvalue weighted by Gasteiger charge is 2.14. The lowest BCUT2D eigenvalue weighted by molar-refractivity contribution is 0.0995. The van der Waals surface area contributed by atoms with Gasteiger partial charge in [0.25, 0.3) is 11.8 Å². The van der Waals surface area contributed by atoms with Crippen molar-refractivity contribution in [2.75, 3.05) is 0 Å². The molecule has 5 aromatic rings. The molecule has 3 aromatic heterocycles. The van der Waals surface area contributed by atoms with E-state index in [-0.39, 0.29) is 11.8 Å². The molecule has 2 aromatic carbocycles. The topological polar surface area (TPSA) is 68.7 Å². The maximum atomic E-state index is 12.7. The van der Waals surface area contributed by atoms with Crippen molar-refractivity contribution in [3.05, 3.63) is 80.0 Å². The van der Waals surface area contributed by atoms with Crippen molar-refractivity contribution in [3.63, 3.8) is 0 Å². The molecule has 0 radical (unpaired) electrons. The fourth-order valence-corrected chi connectivity index (χ4v) is 6.04. The average molecular weight is 465 g/mol. The van der Waals surface area contributed by atoms with Crippen LogP contribution in [0.25, 0.3) is 20.4 Å². The van der Waals surface area contributed by atoms with E-state index in [1.165, 1.54) is 22.7 Å². The summed E-state index contributed by atoms with van der Waals surface area (Å²) in [6.45, 7) is 0. The molecule has 0 aliphatic carbocycles. The first-order valence-electron chi connectivity index (χ1n) is 9.38. The monoisotopic (exact) mass is 464 g/mol. The number of nitrogens with zero attached hydrogens (tertiary/aromatic N) is 4. The number of rotatable bonds is 2. The normalized spacial score (nSPS) is 12.8. The Kier molecular flexibility index (Phi) is 5.01. The fraction of sp³-hybridized carbons (Fsp3) is 0.0909. The van der Waals surface area contributed by atoms with Gasteiger partial charge < -0.3 is 9.13 Å². The van der Waals surface area contributed by atoms with E-state index < -0.39 is 0 Å². The summed E-state index contributed by atoms with van der Waals surface area (Å²) in [6, 6.07) is 19.1. The molecular formula is C22H16N4O2S3. The molecule has 0 saturated heterocycles. The number of hydrogen-bond donors (Lipinski definition) is 0. The number of carbonyl (C=O) groups excluding carboxylic acids is 2. The van der Waals surface area contributed by atoms with Gasteiger partial charge in [-0.15, -0.1) is 11.3 Å². The number of benzene rings is 2. The van der Waals surface area contributed by atoms with E-state index in [4.69, 9.17) is 0 Å². The first-order chi connectivity index (χ1) is 15.0. The minimum absolute atomic E-state index is 0.362. The van der Waals surface area contributed by atoms with E-state index in [2.05, 4.69) is 9.98 Å². The van der Waals surface area contributed by atoms with Gasteiger partial charge in [-0.25, -0.2) is 0 Å². The fourth-order valence-electron chi connectivity index (χ4n) is 3.23. The van der Waals surface area contributed by atoms with Crippen molar-refractivity contribution in [1.29, 1.82) is 0 Å². The number of carbonyl (C=O) groups is 2. The van der Waals surface area contributed by atoms with Crippen molar-refractivity contribution in [3.8, 4) is 0 Å². The first kappa shape index (κ1) is 19.8. The average Bonchev–Trinajstić information content (AvgIpc) is 3.47. The zero-order valence-electron chi connectivity index (χ0n) is 16.6. The van der Waals surface area contributed by atoms with Crippen molar-refractivity contribution >= 4 is 66.3 Å². The summed E-state index contributed by atoms with van der Waals surface area (Å²) in [5.41, 5.74) is 2.05. The quantitative estimate of drug-likeness (QED) is 0.390. The zero-order valence-corrected chi connectivity index (χ0v) is 19.1. The number of fused-ring (bicyclic) bond motifs is 2. The standard InChI is InChI=1S/C22H16N4O2S3/c1-25-13-7-3-5-9-15(13)30-21(25)23-19(27)17-11-12-18(29-17)20(28)24-22-26(2)14-8-4-6-10-16(14)31-22/h3-12H,1-2H3. The smallest absolute Gasteiger partial charge is 0.289 e. The molecule has 9 heteroatoms. The maximum Gasteiger partial charge on any atom is 0.289 e. The van der Waals surface area contributed by atoms with Gasteiger partial charge in [-0.3, -0.25) is 9.59 Å². The summed E-state index contributed by atoms with van der Waals surface area (Å²) >= 11 is 4.03. The molecule has 31 heavy (non-hydrogen) atoms. The molecule has 6 nitrogen and oxygen atoms in total. The highest BCUT2D eigenvalue weighted by atomic mass is 32.1. The van der Waals surface area contributed by atoms with Gasteiger partial charge in [-0.1, -0.05) is 46.9 Å². The molecule has 5 rings (SSSR count). The third kappa shape index (κ3) is 3.60. The number of amides is 2. The third-order valence-corrected chi connectivity index (χ3v) is 8.14. The maximum absolute atomic E-state index is 12.7.